The van der Waals surface area contributed by atoms with E-state index >= 15 is 0 Å². The Kier molecular flexibility index (Phi) is 5.27. The Morgan fingerprint density at radius 1 is 0.968 bits per heavy atom. The maximum absolute atomic E-state index is 13.0. The van der Waals surface area contributed by atoms with Crippen molar-refractivity contribution in [1.29, 1.82) is 0 Å². The van der Waals surface area contributed by atoms with Crippen molar-refractivity contribution in [2.24, 2.45) is 0 Å². The minimum Gasteiger partial charge on any atom is -0.507 e. The van der Waals surface area contributed by atoms with E-state index in [1.54, 1.807) is 54.6 Å². The molecule has 8 heteroatoms. The van der Waals surface area contributed by atoms with E-state index < -0.39 is 22.7 Å². The molecule has 7 nitrogen and oxygen atoms in total. The fourth-order valence-corrected chi connectivity index (χ4v) is 3.69. The van der Waals surface area contributed by atoms with Crippen LogP contribution in [0.15, 0.2) is 84.4 Å². The lowest BCUT2D eigenvalue weighted by molar-refractivity contribution is -0.384. The van der Waals surface area contributed by atoms with Crippen LogP contribution >= 0.6 is 11.6 Å². The first kappa shape index (κ1) is 20.3. The Bertz CT molecular complexity index is 1220. The van der Waals surface area contributed by atoms with Crippen LogP contribution in [0.4, 0.5) is 11.4 Å². The highest BCUT2D eigenvalue weighted by Gasteiger charge is 2.47. The summed E-state index contributed by atoms with van der Waals surface area (Å²) in [5.41, 5.74) is 0.733. The average Bonchev–Trinajstić information content (AvgIpc) is 3.05. The maximum atomic E-state index is 13.0. The van der Waals surface area contributed by atoms with Gasteiger partial charge in [0, 0.05) is 22.7 Å². The van der Waals surface area contributed by atoms with E-state index in [1.807, 2.05) is 0 Å². The highest BCUT2D eigenvalue weighted by atomic mass is 35.5. The minimum atomic E-state index is -0.987. The topological polar surface area (TPSA) is 101 Å². The van der Waals surface area contributed by atoms with Crippen molar-refractivity contribution >= 4 is 40.4 Å². The molecular formula is C23H15ClN2O5. The van der Waals surface area contributed by atoms with Crippen molar-refractivity contribution in [1.82, 2.24) is 0 Å². The number of hydrogen-bond donors (Lipinski definition) is 1. The van der Waals surface area contributed by atoms with Crippen LogP contribution in [0.1, 0.15) is 17.2 Å². The van der Waals surface area contributed by atoms with Crippen molar-refractivity contribution in [2.75, 3.05) is 4.90 Å². The Labute approximate surface area is 182 Å². The minimum absolute atomic E-state index is 0.106. The summed E-state index contributed by atoms with van der Waals surface area (Å²) in [6, 6.07) is 19.3. The van der Waals surface area contributed by atoms with Gasteiger partial charge in [0.25, 0.3) is 17.4 Å². The van der Waals surface area contributed by atoms with Crippen molar-refractivity contribution in [2.45, 2.75) is 6.04 Å². The number of nitro groups is 1. The number of Topliss-reactive ketones (excluding diaryl/α,β-unsaturated/α-hetero) is 1. The molecule has 4 rings (SSSR count). The average molecular weight is 435 g/mol. The summed E-state index contributed by atoms with van der Waals surface area (Å²) < 4.78 is 0. The molecule has 1 N–H and O–H groups in total. The number of rotatable bonds is 4. The molecule has 0 radical (unpaired) electrons. The number of non-ortho nitro benzene ring substituents is 1. The molecule has 3 aromatic rings. The van der Waals surface area contributed by atoms with Gasteiger partial charge < -0.3 is 5.11 Å². The molecular weight excluding hydrogens is 420 g/mol. The van der Waals surface area contributed by atoms with E-state index in [9.17, 15) is 24.8 Å². The zero-order valence-corrected chi connectivity index (χ0v) is 16.7. The number of carbonyl (C=O) groups excluding carboxylic acids is 2. The molecule has 1 saturated heterocycles. The van der Waals surface area contributed by atoms with Gasteiger partial charge in [-0.15, -0.1) is 0 Å². The molecule has 0 saturated carbocycles. The highest BCUT2D eigenvalue weighted by Crippen LogP contribution is 2.42. The van der Waals surface area contributed by atoms with Crippen molar-refractivity contribution < 1.29 is 19.6 Å². The fourth-order valence-electron chi connectivity index (χ4n) is 3.57. The van der Waals surface area contributed by atoms with Crippen LogP contribution < -0.4 is 4.90 Å². The summed E-state index contributed by atoms with van der Waals surface area (Å²) in [7, 11) is 0. The molecule has 0 aliphatic carbocycles. The molecule has 0 bridgehead atoms. The lowest BCUT2D eigenvalue weighted by Crippen LogP contribution is -2.29. The Morgan fingerprint density at radius 3 is 2.29 bits per heavy atom. The lowest BCUT2D eigenvalue weighted by atomic mass is 9.95. The number of carbonyl (C=O) groups is 2. The van der Waals surface area contributed by atoms with E-state index in [2.05, 4.69) is 0 Å². The van der Waals surface area contributed by atoms with Gasteiger partial charge in [0.1, 0.15) is 5.76 Å². The van der Waals surface area contributed by atoms with Gasteiger partial charge in [0.15, 0.2) is 0 Å². The van der Waals surface area contributed by atoms with Crippen LogP contribution in [0, 0.1) is 10.1 Å². The van der Waals surface area contributed by atoms with E-state index in [0.717, 1.165) is 4.90 Å². The number of nitro benzene ring substituents is 1. The maximum Gasteiger partial charge on any atom is 0.300 e. The van der Waals surface area contributed by atoms with Gasteiger partial charge in [-0.1, -0.05) is 60.1 Å². The van der Waals surface area contributed by atoms with Crippen LogP contribution in [-0.2, 0) is 9.59 Å². The SMILES string of the molecule is O=C1C(=O)N(c2cccc([N+](=O)[O-])c2)[C@@H](c2ccc(Cl)cc2)C1=C(O)c1ccccc1. The van der Waals surface area contributed by atoms with Gasteiger partial charge >= 0.3 is 0 Å². The van der Waals surface area contributed by atoms with Gasteiger partial charge in [-0.3, -0.25) is 24.6 Å². The Morgan fingerprint density at radius 2 is 1.65 bits per heavy atom. The second-order valence-corrected chi connectivity index (χ2v) is 7.30. The van der Waals surface area contributed by atoms with E-state index in [0.29, 0.717) is 16.1 Å². The number of hydrogen-bond acceptors (Lipinski definition) is 5. The molecule has 1 heterocycles. The third-order valence-corrected chi connectivity index (χ3v) is 5.25. The molecule has 154 valence electrons. The zero-order chi connectivity index (χ0) is 22.1. The number of anilines is 1. The largest absolute Gasteiger partial charge is 0.507 e. The van der Waals surface area contributed by atoms with E-state index in [4.69, 9.17) is 11.6 Å². The number of halogens is 1. The summed E-state index contributed by atoms with van der Waals surface area (Å²) in [6.07, 6.45) is 0. The quantitative estimate of drug-likeness (QED) is 0.207. The van der Waals surface area contributed by atoms with Gasteiger partial charge in [0.2, 0.25) is 0 Å². The number of amides is 1. The van der Waals surface area contributed by atoms with Crippen LogP contribution in [0.2, 0.25) is 5.02 Å². The molecule has 1 aliphatic heterocycles. The normalized spacial score (nSPS) is 17.7. The molecule has 3 aromatic carbocycles. The summed E-state index contributed by atoms with van der Waals surface area (Å²) in [5, 5.41) is 22.6. The van der Waals surface area contributed by atoms with Gasteiger partial charge in [-0.2, -0.15) is 0 Å². The number of aliphatic hydroxyl groups is 1. The second kappa shape index (κ2) is 8.04. The highest BCUT2D eigenvalue weighted by molar-refractivity contribution is 6.51. The zero-order valence-electron chi connectivity index (χ0n) is 15.9. The van der Waals surface area contributed by atoms with E-state index in [-0.39, 0.29) is 22.7 Å². The van der Waals surface area contributed by atoms with Crippen molar-refractivity contribution in [3.05, 3.63) is 111 Å². The number of benzene rings is 3. The monoisotopic (exact) mass is 434 g/mol. The fraction of sp³-hybridized carbons (Fsp3) is 0.0435. The summed E-state index contributed by atoms with van der Waals surface area (Å²) in [5.74, 6) is -2.10. The molecule has 1 fully saturated rings. The van der Waals surface area contributed by atoms with Gasteiger partial charge in [-0.25, -0.2) is 0 Å². The molecule has 1 amide bonds. The van der Waals surface area contributed by atoms with Gasteiger partial charge in [-0.05, 0) is 23.8 Å². The predicted molar refractivity (Wildman–Crippen MR) is 116 cm³/mol. The van der Waals surface area contributed by atoms with Crippen molar-refractivity contribution in [3.8, 4) is 0 Å². The number of nitrogens with zero attached hydrogens (tertiary/aromatic N) is 2. The third-order valence-electron chi connectivity index (χ3n) is 5.00. The van der Waals surface area contributed by atoms with Crippen LogP contribution in [0.5, 0.6) is 0 Å². The summed E-state index contributed by atoms with van der Waals surface area (Å²) >= 11 is 6.00. The molecule has 1 atom stereocenters. The van der Waals surface area contributed by atoms with Gasteiger partial charge in [0.05, 0.1) is 22.2 Å². The molecule has 1 aliphatic rings. The van der Waals surface area contributed by atoms with Crippen molar-refractivity contribution in [3.63, 3.8) is 0 Å². The standard InChI is InChI=1S/C23H15ClN2O5/c24-16-11-9-14(10-12-16)20-19(21(27)15-5-2-1-3-6-15)22(28)23(29)25(20)17-7-4-8-18(13-17)26(30)31/h1-13,20,27H/t20-/m0/s1. The first-order valence-electron chi connectivity index (χ1n) is 9.25. The first-order chi connectivity index (χ1) is 14.9. The van der Waals surface area contributed by atoms with Crippen LogP contribution in [0.3, 0.4) is 0 Å². The Balaban J connectivity index is 1.95. The lowest BCUT2D eigenvalue weighted by Gasteiger charge is -2.25. The van der Waals surface area contributed by atoms with Crippen LogP contribution in [-0.4, -0.2) is 21.7 Å². The predicted octanol–water partition coefficient (Wildman–Crippen LogP) is 4.87. The smallest absolute Gasteiger partial charge is 0.300 e. The number of ketones is 1. The second-order valence-electron chi connectivity index (χ2n) is 6.86. The Hall–Kier alpha value is -3.97. The summed E-state index contributed by atoms with van der Waals surface area (Å²) in [4.78, 5) is 37.8. The summed E-state index contributed by atoms with van der Waals surface area (Å²) in [6.45, 7) is 0. The number of aliphatic hydroxyl groups excluding tert-OH is 1. The third kappa shape index (κ3) is 3.67. The van der Waals surface area contributed by atoms with E-state index in [1.165, 1.54) is 24.3 Å². The molecule has 0 unspecified atom stereocenters. The van der Waals surface area contributed by atoms with Crippen LogP contribution in [0.25, 0.3) is 5.76 Å². The first-order valence-corrected chi connectivity index (χ1v) is 9.62. The molecule has 31 heavy (non-hydrogen) atoms. The molecule has 0 spiro atoms. The molecule has 0 aromatic heterocycles.